The topological polar surface area (TPSA) is 43.9 Å². The Kier molecular flexibility index (Phi) is 6.54. The molecule has 0 spiro atoms. The first kappa shape index (κ1) is 22.7. The van der Waals surface area contributed by atoms with E-state index in [0.29, 0.717) is 36.2 Å². The third-order valence-corrected chi connectivity index (χ3v) is 6.54. The third-order valence-electron chi connectivity index (χ3n) is 5.73. The van der Waals surface area contributed by atoms with Gasteiger partial charge >= 0.3 is 0 Å². The number of alkyl halides is 2. The fraction of sp³-hybridized carbons (Fsp3) is 0.348. The number of carbonyl (C=O) groups is 2. The molecule has 1 saturated heterocycles. The van der Waals surface area contributed by atoms with Crippen molar-refractivity contribution < 1.29 is 18.4 Å². The highest BCUT2D eigenvalue weighted by Crippen LogP contribution is 2.29. The molecule has 0 atom stereocenters. The number of imide groups is 1. The predicted octanol–water partition coefficient (Wildman–Crippen LogP) is 4.22. The number of nitrogens with zero attached hydrogens (tertiary/aromatic N) is 3. The van der Waals surface area contributed by atoms with Crippen LogP contribution in [0.4, 0.5) is 8.78 Å². The average Bonchev–Trinajstić information content (AvgIpc) is 2.89. The lowest BCUT2D eigenvalue weighted by Crippen LogP contribution is -2.50. The van der Waals surface area contributed by atoms with Crippen molar-refractivity contribution in [3.05, 3.63) is 75.1 Å². The van der Waals surface area contributed by atoms with Crippen molar-refractivity contribution >= 4 is 35.0 Å². The second-order valence-electron chi connectivity index (χ2n) is 7.87. The second-order valence-corrected chi connectivity index (χ2v) is 8.65. The third kappa shape index (κ3) is 4.66. The summed E-state index contributed by atoms with van der Waals surface area (Å²) < 4.78 is 29.4. The van der Waals surface area contributed by atoms with Crippen LogP contribution in [0.15, 0.2) is 64.0 Å². The van der Waals surface area contributed by atoms with E-state index in [2.05, 4.69) is 5.73 Å². The van der Waals surface area contributed by atoms with Gasteiger partial charge in [-0.3, -0.25) is 19.4 Å². The van der Waals surface area contributed by atoms with Crippen molar-refractivity contribution in [3.63, 3.8) is 0 Å². The summed E-state index contributed by atoms with van der Waals surface area (Å²) in [5.74, 6) is -4.07. The Labute approximate surface area is 194 Å². The number of hydrogen-bond acceptors (Lipinski definition) is 4. The van der Waals surface area contributed by atoms with E-state index in [0.717, 1.165) is 10.6 Å². The molecule has 1 aliphatic carbocycles. The maximum atomic E-state index is 14.7. The van der Waals surface area contributed by atoms with Crippen molar-refractivity contribution in [2.45, 2.75) is 12.3 Å². The summed E-state index contributed by atoms with van der Waals surface area (Å²) in [4.78, 5) is 29.4. The van der Waals surface area contributed by atoms with Gasteiger partial charge in [0, 0.05) is 45.2 Å². The highest BCUT2D eigenvalue weighted by Gasteiger charge is 2.39. The molecule has 1 fully saturated rings. The summed E-state index contributed by atoms with van der Waals surface area (Å²) in [6.07, 6.45) is 4.48. The largest absolute Gasteiger partial charge is 0.367 e. The minimum atomic E-state index is -3.04. The van der Waals surface area contributed by atoms with Gasteiger partial charge in [0.1, 0.15) is 0 Å². The highest BCUT2D eigenvalue weighted by molar-refractivity contribution is 6.44. The summed E-state index contributed by atoms with van der Waals surface area (Å²) in [7, 11) is 0. The minimum absolute atomic E-state index is 0.266. The first-order chi connectivity index (χ1) is 15.3. The van der Waals surface area contributed by atoms with E-state index in [9.17, 15) is 18.4 Å². The van der Waals surface area contributed by atoms with Crippen LogP contribution in [0.5, 0.6) is 0 Å². The van der Waals surface area contributed by atoms with Crippen molar-refractivity contribution in [1.29, 1.82) is 0 Å². The molecule has 2 heterocycles. The molecule has 2 aliphatic heterocycles. The summed E-state index contributed by atoms with van der Waals surface area (Å²) >= 11 is 12.5. The van der Waals surface area contributed by atoms with Crippen LogP contribution < -0.4 is 0 Å². The molecule has 4 rings (SSSR count). The van der Waals surface area contributed by atoms with E-state index in [1.54, 1.807) is 35.3 Å². The van der Waals surface area contributed by atoms with Gasteiger partial charge in [-0.05, 0) is 24.3 Å². The Hall–Kier alpha value is -2.44. The van der Waals surface area contributed by atoms with Gasteiger partial charge in [-0.2, -0.15) is 0 Å². The molecule has 0 aromatic heterocycles. The summed E-state index contributed by atoms with van der Waals surface area (Å²) in [5, 5.41) is 0.817. The predicted molar refractivity (Wildman–Crippen MR) is 119 cm³/mol. The van der Waals surface area contributed by atoms with Crippen LogP contribution in [0.1, 0.15) is 27.1 Å². The molecule has 0 N–H and O–H groups in total. The molecular weight excluding hydrogens is 459 g/mol. The van der Waals surface area contributed by atoms with E-state index in [4.69, 9.17) is 23.2 Å². The van der Waals surface area contributed by atoms with E-state index in [1.165, 1.54) is 12.1 Å². The SMILES string of the molecule is O=C1c2ccccc2C(=O)N1CCC(F)(F)CN1CCN(C2=C(Cl)C(Cl)=CC=C=C2)CC1. The normalized spacial score (nSPS) is 19.6. The first-order valence-corrected chi connectivity index (χ1v) is 11.0. The van der Waals surface area contributed by atoms with Gasteiger partial charge in [0.25, 0.3) is 17.7 Å². The van der Waals surface area contributed by atoms with E-state index >= 15 is 0 Å². The number of piperazine rings is 1. The number of carbonyl (C=O) groups excluding carboxylic acids is 2. The lowest BCUT2D eigenvalue weighted by atomic mass is 10.1. The van der Waals surface area contributed by atoms with Crippen LogP contribution in [-0.4, -0.2) is 71.7 Å². The first-order valence-electron chi connectivity index (χ1n) is 10.3. The fourth-order valence-electron chi connectivity index (χ4n) is 4.01. The van der Waals surface area contributed by atoms with Gasteiger partial charge in [0.2, 0.25) is 0 Å². The lowest BCUT2D eigenvalue weighted by molar-refractivity contribution is -0.0489. The summed E-state index contributed by atoms with van der Waals surface area (Å²) in [5.41, 5.74) is 4.23. The maximum absolute atomic E-state index is 14.7. The molecule has 5 nitrogen and oxygen atoms in total. The lowest BCUT2D eigenvalue weighted by Gasteiger charge is -2.38. The fourth-order valence-corrected chi connectivity index (χ4v) is 4.40. The Morgan fingerprint density at radius 3 is 2.25 bits per heavy atom. The van der Waals surface area contributed by atoms with Crippen LogP contribution in [-0.2, 0) is 0 Å². The van der Waals surface area contributed by atoms with Gasteiger partial charge in [0.15, 0.2) is 0 Å². The molecule has 32 heavy (non-hydrogen) atoms. The van der Waals surface area contributed by atoms with Crippen LogP contribution in [0.3, 0.4) is 0 Å². The van der Waals surface area contributed by atoms with Gasteiger partial charge in [0.05, 0.1) is 33.4 Å². The molecule has 3 aliphatic rings. The molecule has 9 heteroatoms. The average molecular weight is 480 g/mol. The van der Waals surface area contributed by atoms with E-state index < -0.39 is 30.7 Å². The minimum Gasteiger partial charge on any atom is -0.367 e. The molecule has 0 bridgehead atoms. The van der Waals surface area contributed by atoms with Crippen LogP contribution >= 0.6 is 23.2 Å². The Balaban J connectivity index is 1.31. The smallest absolute Gasteiger partial charge is 0.262 e. The molecule has 1 aromatic carbocycles. The Bertz CT molecular complexity index is 1030. The zero-order valence-electron chi connectivity index (χ0n) is 17.2. The molecule has 0 saturated carbocycles. The van der Waals surface area contributed by atoms with Crippen LogP contribution in [0, 0.1) is 0 Å². The van der Waals surface area contributed by atoms with Gasteiger partial charge in [-0.1, -0.05) is 35.3 Å². The van der Waals surface area contributed by atoms with Crippen molar-refractivity contribution in [3.8, 4) is 0 Å². The number of rotatable bonds is 6. The van der Waals surface area contributed by atoms with Crippen LogP contribution in [0.2, 0.25) is 0 Å². The van der Waals surface area contributed by atoms with Gasteiger partial charge in [-0.25, -0.2) is 8.78 Å². The number of amides is 2. The zero-order chi connectivity index (χ0) is 22.9. The standard InChI is InChI=1S/C23H21Cl2F2N3O2/c24-18-7-3-4-8-19(20(18)25)29-13-11-28(12-14-29)15-23(26,27)9-10-30-21(31)16-5-1-2-6-17(16)22(30)32/h1-3,5-8H,9-15H2. The summed E-state index contributed by atoms with van der Waals surface area (Å²) in [6.45, 7) is 1.13. The summed E-state index contributed by atoms with van der Waals surface area (Å²) in [6, 6.07) is 6.38. The van der Waals surface area contributed by atoms with Gasteiger partial charge < -0.3 is 4.90 Å². The molecule has 2 amide bonds. The number of halogens is 4. The number of fused-ring (bicyclic) bond motifs is 1. The van der Waals surface area contributed by atoms with Crippen molar-refractivity contribution in [1.82, 2.24) is 14.7 Å². The number of hydrogen-bond donors (Lipinski definition) is 0. The monoisotopic (exact) mass is 479 g/mol. The molecule has 168 valence electrons. The molecule has 0 unspecified atom stereocenters. The second kappa shape index (κ2) is 9.20. The molecule has 1 aromatic rings. The van der Waals surface area contributed by atoms with Crippen LogP contribution in [0.25, 0.3) is 0 Å². The maximum Gasteiger partial charge on any atom is 0.262 e. The quantitative estimate of drug-likeness (QED) is 0.452. The highest BCUT2D eigenvalue weighted by atomic mass is 35.5. The Morgan fingerprint density at radius 2 is 1.62 bits per heavy atom. The number of benzene rings is 1. The molecule has 0 radical (unpaired) electrons. The van der Waals surface area contributed by atoms with E-state index in [-0.39, 0.29) is 17.7 Å². The van der Waals surface area contributed by atoms with Crippen molar-refractivity contribution in [2.75, 3.05) is 39.3 Å². The van der Waals surface area contributed by atoms with Gasteiger partial charge in [-0.15, -0.1) is 5.73 Å². The number of allylic oxidation sites excluding steroid dienone is 4. The zero-order valence-corrected chi connectivity index (χ0v) is 18.7. The molecular formula is C23H21Cl2F2N3O2. The Morgan fingerprint density at radius 1 is 1.00 bits per heavy atom. The van der Waals surface area contributed by atoms with Crippen molar-refractivity contribution in [2.24, 2.45) is 0 Å². The van der Waals surface area contributed by atoms with E-state index in [1.807, 2.05) is 4.90 Å².